The van der Waals surface area contributed by atoms with Gasteiger partial charge in [0.05, 0.1) is 24.3 Å². The molecule has 2 N–H and O–H groups in total. The van der Waals surface area contributed by atoms with Gasteiger partial charge in [-0.3, -0.25) is 10.2 Å². The Labute approximate surface area is 145 Å². The quantitative estimate of drug-likeness (QED) is 0.765. The van der Waals surface area contributed by atoms with Crippen LogP contribution in [0, 0.1) is 11.3 Å². The van der Waals surface area contributed by atoms with Crippen molar-refractivity contribution >= 4 is 17.8 Å². The Morgan fingerprint density at radius 3 is 2.60 bits per heavy atom. The first-order valence-electron chi connectivity index (χ1n) is 7.82. The number of carbonyl (C=O) groups excluding carboxylic acids is 2. The number of aromatic nitrogens is 1. The van der Waals surface area contributed by atoms with Crippen molar-refractivity contribution in [3.05, 3.63) is 23.4 Å². The molecule has 9 nitrogen and oxygen atoms in total. The predicted molar refractivity (Wildman–Crippen MR) is 88.8 cm³/mol. The minimum atomic E-state index is -0.779. The molecule has 134 valence electrons. The molecule has 1 aliphatic rings. The van der Waals surface area contributed by atoms with E-state index in [2.05, 4.69) is 15.8 Å². The van der Waals surface area contributed by atoms with Gasteiger partial charge in [0.1, 0.15) is 17.5 Å². The monoisotopic (exact) mass is 347 g/mol. The Bertz CT molecular complexity index is 687. The molecule has 0 spiro atoms. The maximum atomic E-state index is 12.5. The highest BCUT2D eigenvalue weighted by molar-refractivity contribution is 5.99. The highest BCUT2D eigenvalue weighted by atomic mass is 16.6. The van der Waals surface area contributed by atoms with Gasteiger partial charge in [0, 0.05) is 19.3 Å². The molecule has 0 aromatic carbocycles. The molecule has 1 fully saturated rings. The summed E-state index contributed by atoms with van der Waals surface area (Å²) in [6.45, 7) is 7.36. The van der Waals surface area contributed by atoms with Crippen molar-refractivity contribution in [3.8, 4) is 6.07 Å². The van der Waals surface area contributed by atoms with Crippen LogP contribution < -0.4 is 15.8 Å². The topological polar surface area (TPSA) is 117 Å². The number of ether oxygens (including phenoxy) is 2. The molecule has 2 rings (SSSR count). The number of nitrogens with one attached hydrogen (secondary N) is 2. The van der Waals surface area contributed by atoms with Crippen molar-refractivity contribution in [2.75, 3.05) is 31.2 Å². The summed E-state index contributed by atoms with van der Waals surface area (Å²) in [4.78, 5) is 30.2. The molecule has 1 aliphatic heterocycles. The van der Waals surface area contributed by atoms with Crippen molar-refractivity contribution in [3.63, 3.8) is 0 Å². The normalized spacial score (nSPS) is 14.4. The maximum Gasteiger partial charge on any atom is 0.426 e. The predicted octanol–water partition coefficient (Wildman–Crippen LogP) is 0.959. The van der Waals surface area contributed by atoms with E-state index in [1.54, 1.807) is 20.8 Å². The third kappa shape index (κ3) is 5.32. The molecule has 0 aliphatic carbocycles. The standard InChI is InChI=1S/C16H21N5O4/c1-16(2,3)25-15(23)20-19-14(22)12-8-11(9-17)10-18-13(12)21-4-6-24-7-5-21/h8,10H,4-7H2,1-3H3,(H,19,22)(H,20,23). The average molecular weight is 347 g/mol. The summed E-state index contributed by atoms with van der Waals surface area (Å²) in [6.07, 6.45) is 0.626. The molecule has 25 heavy (non-hydrogen) atoms. The summed E-state index contributed by atoms with van der Waals surface area (Å²) in [5.41, 5.74) is 4.23. The Morgan fingerprint density at radius 2 is 2.00 bits per heavy atom. The van der Waals surface area contributed by atoms with E-state index in [0.717, 1.165) is 0 Å². The lowest BCUT2D eigenvalue weighted by atomic mass is 10.1. The fourth-order valence-electron chi connectivity index (χ4n) is 2.19. The Morgan fingerprint density at radius 1 is 1.32 bits per heavy atom. The van der Waals surface area contributed by atoms with Gasteiger partial charge >= 0.3 is 6.09 Å². The fourth-order valence-corrected chi connectivity index (χ4v) is 2.19. The van der Waals surface area contributed by atoms with Gasteiger partial charge in [-0.05, 0) is 26.8 Å². The van der Waals surface area contributed by atoms with Crippen LogP contribution in [-0.2, 0) is 9.47 Å². The van der Waals surface area contributed by atoms with Gasteiger partial charge in [0.15, 0.2) is 0 Å². The minimum Gasteiger partial charge on any atom is -0.443 e. The van der Waals surface area contributed by atoms with Crippen LogP contribution in [0.2, 0.25) is 0 Å². The van der Waals surface area contributed by atoms with Crippen molar-refractivity contribution < 1.29 is 19.1 Å². The third-order valence-electron chi connectivity index (χ3n) is 3.23. The lowest BCUT2D eigenvalue weighted by Crippen LogP contribution is -2.45. The first kappa shape index (κ1) is 18.5. The Kier molecular flexibility index (Phi) is 5.77. The van der Waals surface area contributed by atoms with E-state index in [1.165, 1.54) is 12.3 Å². The second-order valence-corrected chi connectivity index (χ2v) is 6.39. The SMILES string of the molecule is CC(C)(C)OC(=O)NNC(=O)c1cc(C#N)cnc1N1CCOCC1. The van der Waals surface area contributed by atoms with Gasteiger partial charge in [-0.1, -0.05) is 0 Å². The van der Waals surface area contributed by atoms with Crippen molar-refractivity contribution in [1.82, 2.24) is 15.8 Å². The van der Waals surface area contributed by atoms with Crippen molar-refractivity contribution in [2.24, 2.45) is 0 Å². The van der Waals surface area contributed by atoms with Gasteiger partial charge in [-0.15, -0.1) is 0 Å². The average Bonchev–Trinajstić information content (AvgIpc) is 2.58. The van der Waals surface area contributed by atoms with Crippen molar-refractivity contribution in [2.45, 2.75) is 26.4 Å². The number of anilines is 1. The molecule has 9 heteroatoms. The number of carbonyl (C=O) groups is 2. The van der Waals surface area contributed by atoms with Crippen LogP contribution in [0.1, 0.15) is 36.7 Å². The van der Waals surface area contributed by atoms with Crippen LogP contribution in [0.25, 0.3) is 0 Å². The highest BCUT2D eigenvalue weighted by Crippen LogP contribution is 2.20. The fraction of sp³-hybridized carbons (Fsp3) is 0.500. The number of rotatable bonds is 2. The van der Waals surface area contributed by atoms with Gasteiger partial charge in [0.25, 0.3) is 5.91 Å². The lowest BCUT2D eigenvalue weighted by molar-refractivity contribution is 0.0483. The molecule has 1 saturated heterocycles. The molecule has 1 aromatic rings. The highest BCUT2D eigenvalue weighted by Gasteiger charge is 2.22. The number of hydrogen-bond donors (Lipinski definition) is 2. The second kappa shape index (κ2) is 7.81. The summed E-state index contributed by atoms with van der Waals surface area (Å²) in [7, 11) is 0. The summed E-state index contributed by atoms with van der Waals surface area (Å²) < 4.78 is 10.4. The molecule has 0 bridgehead atoms. The molecule has 2 amide bonds. The van der Waals surface area contributed by atoms with E-state index in [4.69, 9.17) is 14.7 Å². The van der Waals surface area contributed by atoms with Gasteiger partial charge in [0.2, 0.25) is 0 Å². The molecule has 0 saturated carbocycles. The van der Waals surface area contributed by atoms with E-state index in [-0.39, 0.29) is 11.1 Å². The summed E-state index contributed by atoms with van der Waals surface area (Å²) in [5.74, 6) is -0.150. The number of hydrazine groups is 1. The van der Waals surface area contributed by atoms with E-state index in [9.17, 15) is 9.59 Å². The summed E-state index contributed by atoms with van der Waals surface area (Å²) >= 11 is 0. The van der Waals surface area contributed by atoms with Crippen LogP contribution in [0.5, 0.6) is 0 Å². The molecule has 1 aromatic heterocycles. The maximum absolute atomic E-state index is 12.5. The minimum absolute atomic E-state index is 0.192. The molecule has 0 radical (unpaired) electrons. The number of amides is 2. The number of hydrogen-bond acceptors (Lipinski definition) is 7. The van der Waals surface area contributed by atoms with Crippen LogP contribution >= 0.6 is 0 Å². The summed E-state index contributed by atoms with van der Waals surface area (Å²) in [5, 5.41) is 9.05. The number of morpholine rings is 1. The van der Waals surface area contributed by atoms with Crippen LogP contribution in [0.3, 0.4) is 0 Å². The zero-order chi connectivity index (χ0) is 18.4. The second-order valence-electron chi connectivity index (χ2n) is 6.39. The number of nitriles is 1. The molecular weight excluding hydrogens is 326 g/mol. The Balaban J connectivity index is 2.14. The van der Waals surface area contributed by atoms with Crippen LogP contribution in [0.4, 0.5) is 10.6 Å². The summed E-state index contributed by atoms with van der Waals surface area (Å²) in [6, 6.07) is 3.38. The largest absolute Gasteiger partial charge is 0.443 e. The van der Waals surface area contributed by atoms with Gasteiger partial charge < -0.3 is 14.4 Å². The van der Waals surface area contributed by atoms with Crippen molar-refractivity contribution in [1.29, 1.82) is 5.26 Å². The van der Waals surface area contributed by atoms with Gasteiger partial charge in [-0.2, -0.15) is 5.26 Å². The van der Waals surface area contributed by atoms with E-state index < -0.39 is 17.6 Å². The third-order valence-corrected chi connectivity index (χ3v) is 3.23. The molecule has 0 unspecified atom stereocenters. The molecule has 0 atom stereocenters. The van der Waals surface area contributed by atoms with Crippen LogP contribution in [-0.4, -0.2) is 48.9 Å². The number of nitrogens with zero attached hydrogens (tertiary/aromatic N) is 3. The zero-order valence-corrected chi connectivity index (χ0v) is 14.5. The molecular formula is C16H21N5O4. The van der Waals surface area contributed by atoms with Crippen LogP contribution in [0.15, 0.2) is 12.3 Å². The zero-order valence-electron chi connectivity index (χ0n) is 14.5. The van der Waals surface area contributed by atoms with E-state index in [1.807, 2.05) is 11.0 Å². The first-order chi connectivity index (χ1) is 11.8. The van der Waals surface area contributed by atoms with Gasteiger partial charge in [-0.25, -0.2) is 15.2 Å². The first-order valence-corrected chi connectivity index (χ1v) is 7.82. The smallest absolute Gasteiger partial charge is 0.426 e. The Hall–Kier alpha value is -2.86. The lowest BCUT2D eigenvalue weighted by Gasteiger charge is -2.29. The van der Waals surface area contributed by atoms with E-state index in [0.29, 0.717) is 32.1 Å². The number of pyridine rings is 1. The van der Waals surface area contributed by atoms with E-state index >= 15 is 0 Å². The molecule has 2 heterocycles.